The Morgan fingerprint density at radius 3 is 2.19 bits per heavy atom. The van der Waals surface area contributed by atoms with E-state index < -0.39 is 0 Å². The van der Waals surface area contributed by atoms with Gasteiger partial charge in [-0.3, -0.25) is 0 Å². The molecule has 1 N–H and O–H groups in total. The fourth-order valence-electron chi connectivity index (χ4n) is 1.86. The van der Waals surface area contributed by atoms with Gasteiger partial charge in [0.25, 0.3) is 0 Å². The van der Waals surface area contributed by atoms with Crippen molar-refractivity contribution in [2.75, 3.05) is 7.05 Å². The van der Waals surface area contributed by atoms with E-state index in [9.17, 15) is 0 Å². The van der Waals surface area contributed by atoms with Gasteiger partial charge in [0.1, 0.15) is 0 Å². The van der Waals surface area contributed by atoms with E-state index in [0.717, 1.165) is 4.47 Å². The minimum Gasteiger partial charge on any atom is -0.309 e. The van der Waals surface area contributed by atoms with Gasteiger partial charge in [-0.1, -0.05) is 64.5 Å². The molecule has 2 aromatic carbocycles. The van der Waals surface area contributed by atoms with E-state index in [2.05, 4.69) is 63.7 Å². The van der Waals surface area contributed by atoms with Crippen molar-refractivity contribution in [2.24, 2.45) is 0 Å². The van der Waals surface area contributed by atoms with Gasteiger partial charge < -0.3 is 5.32 Å². The average Bonchev–Trinajstić information content (AvgIpc) is 2.34. The molecule has 0 radical (unpaired) electrons. The second-order valence-corrected chi connectivity index (χ2v) is 4.51. The topological polar surface area (TPSA) is 12.0 Å². The highest BCUT2D eigenvalue weighted by atomic mass is 79.9. The standard InChI is InChI=1S/C14H14BrN/c1-16-14(11-7-3-2-4-8-11)12-9-5-6-10-13(12)15/h2-10,14,16H,1H3/t14-/m1/s1. The Bertz CT molecular complexity index is 453. The minimum atomic E-state index is 0.233. The van der Waals surface area contributed by atoms with Crippen LogP contribution in [0.25, 0.3) is 0 Å². The van der Waals surface area contributed by atoms with Gasteiger partial charge in [-0.15, -0.1) is 0 Å². The fourth-order valence-corrected chi connectivity index (χ4v) is 2.37. The number of hydrogen-bond acceptors (Lipinski definition) is 1. The van der Waals surface area contributed by atoms with Crippen LogP contribution < -0.4 is 5.32 Å². The van der Waals surface area contributed by atoms with Crippen LogP contribution in [0.2, 0.25) is 0 Å². The van der Waals surface area contributed by atoms with Crippen LogP contribution >= 0.6 is 15.9 Å². The van der Waals surface area contributed by atoms with Gasteiger partial charge in [0.05, 0.1) is 6.04 Å². The zero-order chi connectivity index (χ0) is 11.4. The highest BCUT2D eigenvalue weighted by Crippen LogP contribution is 2.27. The van der Waals surface area contributed by atoms with Crippen LogP contribution in [0.15, 0.2) is 59.1 Å². The number of benzene rings is 2. The molecule has 2 aromatic rings. The lowest BCUT2D eigenvalue weighted by Crippen LogP contribution is -2.17. The van der Waals surface area contributed by atoms with E-state index in [0.29, 0.717) is 0 Å². The molecule has 82 valence electrons. The predicted octanol–water partition coefficient (Wildman–Crippen LogP) is 3.76. The molecule has 0 aliphatic rings. The first-order chi connectivity index (χ1) is 7.83. The molecule has 0 unspecified atom stereocenters. The van der Waals surface area contributed by atoms with Crippen molar-refractivity contribution in [1.82, 2.24) is 5.32 Å². The van der Waals surface area contributed by atoms with Crippen molar-refractivity contribution in [3.8, 4) is 0 Å². The smallest absolute Gasteiger partial charge is 0.0585 e. The van der Waals surface area contributed by atoms with Crippen molar-refractivity contribution < 1.29 is 0 Å². The van der Waals surface area contributed by atoms with Crippen molar-refractivity contribution >= 4 is 15.9 Å². The molecule has 0 spiro atoms. The van der Waals surface area contributed by atoms with Crippen molar-refractivity contribution in [3.63, 3.8) is 0 Å². The molecular weight excluding hydrogens is 262 g/mol. The molecule has 0 saturated heterocycles. The lowest BCUT2D eigenvalue weighted by Gasteiger charge is -2.18. The summed E-state index contributed by atoms with van der Waals surface area (Å²) in [6.45, 7) is 0. The normalized spacial score (nSPS) is 12.4. The van der Waals surface area contributed by atoms with E-state index in [1.807, 2.05) is 19.2 Å². The summed E-state index contributed by atoms with van der Waals surface area (Å²) in [7, 11) is 1.98. The summed E-state index contributed by atoms with van der Waals surface area (Å²) in [5.41, 5.74) is 2.54. The summed E-state index contributed by atoms with van der Waals surface area (Å²) < 4.78 is 1.14. The summed E-state index contributed by atoms with van der Waals surface area (Å²) >= 11 is 3.59. The molecule has 0 aliphatic carbocycles. The second kappa shape index (κ2) is 5.28. The molecule has 0 heterocycles. The largest absolute Gasteiger partial charge is 0.309 e. The first-order valence-electron chi connectivity index (χ1n) is 5.29. The zero-order valence-corrected chi connectivity index (χ0v) is 10.7. The van der Waals surface area contributed by atoms with Gasteiger partial charge in [0.15, 0.2) is 0 Å². The molecular formula is C14H14BrN. The third-order valence-corrected chi connectivity index (χ3v) is 3.36. The Morgan fingerprint density at radius 2 is 1.56 bits per heavy atom. The maximum Gasteiger partial charge on any atom is 0.0585 e. The first-order valence-corrected chi connectivity index (χ1v) is 6.09. The van der Waals surface area contributed by atoms with E-state index in [4.69, 9.17) is 0 Å². The third-order valence-electron chi connectivity index (χ3n) is 2.64. The molecule has 0 fully saturated rings. The summed E-state index contributed by atoms with van der Waals surface area (Å²) in [4.78, 5) is 0. The van der Waals surface area contributed by atoms with E-state index in [1.165, 1.54) is 11.1 Å². The molecule has 0 bridgehead atoms. The van der Waals surface area contributed by atoms with Gasteiger partial charge in [-0.05, 0) is 24.2 Å². The van der Waals surface area contributed by atoms with Crippen molar-refractivity contribution in [1.29, 1.82) is 0 Å². The summed E-state index contributed by atoms with van der Waals surface area (Å²) in [6.07, 6.45) is 0. The summed E-state index contributed by atoms with van der Waals surface area (Å²) in [6, 6.07) is 19.0. The number of hydrogen-bond donors (Lipinski definition) is 1. The molecule has 1 atom stereocenters. The van der Waals surface area contributed by atoms with E-state index in [-0.39, 0.29) is 6.04 Å². The third kappa shape index (κ3) is 2.34. The molecule has 0 amide bonds. The lowest BCUT2D eigenvalue weighted by atomic mass is 9.99. The zero-order valence-electron chi connectivity index (χ0n) is 9.15. The Kier molecular flexibility index (Phi) is 3.75. The molecule has 0 saturated carbocycles. The van der Waals surface area contributed by atoms with Gasteiger partial charge in [-0.25, -0.2) is 0 Å². The summed E-state index contributed by atoms with van der Waals surface area (Å²) in [5.74, 6) is 0. The Balaban J connectivity index is 2.41. The average molecular weight is 276 g/mol. The molecule has 0 aromatic heterocycles. The maximum absolute atomic E-state index is 3.59. The highest BCUT2D eigenvalue weighted by Gasteiger charge is 2.13. The quantitative estimate of drug-likeness (QED) is 0.900. The van der Waals surface area contributed by atoms with Crippen LogP contribution in [0.5, 0.6) is 0 Å². The molecule has 2 rings (SSSR count). The van der Waals surface area contributed by atoms with Crippen LogP contribution in [0.4, 0.5) is 0 Å². The second-order valence-electron chi connectivity index (χ2n) is 3.65. The number of halogens is 1. The molecule has 1 nitrogen and oxygen atoms in total. The predicted molar refractivity (Wildman–Crippen MR) is 71.5 cm³/mol. The number of rotatable bonds is 3. The van der Waals surface area contributed by atoms with Crippen LogP contribution in [0.3, 0.4) is 0 Å². The van der Waals surface area contributed by atoms with Crippen LogP contribution in [0, 0.1) is 0 Å². The van der Waals surface area contributed by atoms with Crippen molar-refractivity contribution in [2.45, 2.75) is 6.04 Å². The van der Waals surface area contributed by atoms with Gasteiger partial charge in [0.2, 0.25) is 0 Å². The fraction of sp³-hybridized carbons (Fsp3) is 0.143. The van der Waals surface area contributed by atoms with E-state index >= 15 is 0 Å². The Hall–Kier alpha value is -1.12. The number of nitrogens with one attached hydrogen (secondary N) is 1. The monoisotopic (exact) mass is 275 g/mol. The van der Waals surface area contributed by atoms with E-state index in [1.54, 1.807) is 0 Å². The van der Waals surface area contributed by atoms with Crippen LogP contribution in [-0.2, 0) is 0 Å². The lowest BCUT2D eigenvalue weighted by molar-refractivity contribution is 0.689. The summed E-state index contributed by atoms with van der Waals surface area (Å²) in [5, 5.41) is 3.35. The SMILES string of the molecule is CN[C@H](c1ccccc1)c1ccccc1Br. The van der Waals surface area contributed by atoms with Crippen LogP contribution in [0.1, 0.15) is 17.2 Å². The molecule has 16 heavy (non-hydrogen) atoms. The first kappa shape index (κ1) is 11.4. The minimum absolute atomic E-state index is 0.233. The Labute approximate surface area is 105 Å². The van der Waals surface area contributed by atoms with Gasteiger partial charge >= 0.3 is 0 Å². The van der Waals surface area contributed by atoms with Gasteiger partial charge in [-0.2, -0.15) is 0 Å². The van der Waals surface area contributed by atoms with Gasteiger partial charge in [0, 0.05) is 4.47 Å². The molecule has 2 heteroatoms. The van der Waals surface area contributed by atoms with Crippen molar-refractivity contribution in [3.05, 3.63) is 70.2 Å². The molecule has 0 aliphatic heterocycles. The maximum atomic E-state index is 3.59. The Morgan fingerprint density at radius 1 is 0.938 bits per heavy atom. The highest BCUT2D eigenvalue weighted by molar-refractivity contribution is 9.10. The van der Waals surface area contributed by atoms with Crippen LogP contribution in [-0.4, -0.2) is 7.05 Å².